The van der Waals surface area contributed by atoms with Gasteiger partial charge in [0.25, 0.3) is 5.56 Å². The number of rotatable bonds is 2. The van der Waals surface area contributed by atoms with Crippen LogP contribution >= 0.6 is 0 Å². The summed E-state index contributed by atoms with van der Waals surface area (Å²) >= 11 is 0. The molecule has 1 heterocycles. The van der Waals surface area contributed by atoms with Gasteiger partial charge in [0.2, 0.25) is 0 Å². The summed E-state index contributed by atoms with van der Waals surface area (Å²) in [7, 11) is 0. The van der Waals surface area contributed by atoms with Gasteiger partial charge in [-0.2, -0.15) is 5.26 Å². The van der Waals surface area contributed by atoms with Crippen molar-refractivity contribution in [3.05, 3.63) is 28.9 Å². The summed E-state index contributed by atoms with van der Waals surface area (Å²) in [5.41, 5.74) is -0.118. The molecule has 4 heteroatoms. The van der Waals surface area contributed by atoms with E-state index in [0.29, 0.717) is 6.54 Å². The molecular formula is C8H9N3O. The summed E-state index contributed by atoms with van der Waals surface area (Å²) in [4.78, 5) is 14.9. The predicted molar refractivity (Wildman–Crippen MR) is 43.3 cm³/mol. The van der Waals surface area contributed by atoms with Crippen molar-refractivity contribution in [3.8, 4) is 6.07 Å². The molecule has 1 aromatic heterocycles. The highest BCUT2D eigenvalue weighted by Gasteiger charge is 2.01. The minimum atomic E-state index is -0.160. The second kappa shape index (κ2) is 3.67. The molecular weight excluding hydrogens is 154 g/mol. The van der Waals surface area contributed by atoms with Crippen LogP contribution in [0.5, 0.6) is 0 Å². The average molecular weight is 163 g/mol. The molecule has 0 aliphatic heterocycles. The summed E-state index contributed by atoms with van der Waals surface area (Å²) in [6.07, 6.45) is 2.88. The summed E-state index contributed by atoms with van der Waals surface area (Å²) in [5.74, 6) is -0.160. The van der Waals surface area contributed by atoms with E-state index in [9.17, 15) is 4.79 Å². The molecule has 0 fully saturated rings. The van der Waals surface area contributed by atoms with Crippen molar-refractivity contribution in [1.29, 1.82) is 5.26 Å². The average Bonchev–Trinajstić information content (AvgIpc) is 2.09. The third-order valence-electron chi connectivity index (χ3n) is 1.48. The molecule has 12 heavy (non-hydrogen) atoms. The first kappa shape index (κ1) is 8.47. The first-order valence-electron chi connectivity index (χ1n) is 3.64. The van der Waals surface area contributed by atoms with Crippen LogP contribution in [0.3, 0.4) is 0 Å². The highest BCUT2D eigenvalue weighted by Crippen LogP contribution is 1.93. The van der Waals surface area contributed by atoms with Crippen LogP contribution in [0, 0.1) is 17.2 Å². The van der Waals surface area contributed by atoms with Gasteiger partial charge in [-0.3, -0.25) is 9.36 Å². The Bertz CT molecular complexity index is 350. The first-order valence-corrected chi connectivity index (χ1v) is 3.64. The molecule has 1 aromatic rings. The lowest BCUT2D eigenvalue weighted by molar-refractivity contribution is 0.556. The second-order valence-corrected chi connectivity index (χ2v) is 2.60. The Balaban J connectivity index is 2.85. The van der Waals surface area contributed by atoms with Crippen LogP contribution < -0.4 is 5.56 Å². The Kier molecular flexibility index (Phi) is 2.59. The third-order valence-corrected chi connectivity index (χ3v) is 1.48. The molecule has 0 aromatic carbocycles. The number of nitrogens with zero attached hydrogens (tertiary/aromatic N) is 3. The normalized spacial score (nSPS) is 12.0. The van der Waals surface area contributed by atoms with Crippen molar-refractivity contribution in [2.24, 2.45) is 5.92 Å². The number of nitriles is 1. The van der Waals surface area contributed by atoms with Crippen molar-refractivity contribution < 1.29 is 0 Å². The number of hydrogen-bond acceptors (Lipinski definition) is 3. The van der Waals surface area contributed by atoms with E-state index in [4.69, 9.17) is 5.26 Å². The lowest BCUT2D eigenvalue weighted by atomic mass is 10.2. The first-order chi connectivity index (χ1) is 5.74. The van der Waals surface area contributed by atoms with Crippen molar-refractivity contribution in [1.82, 2.24) is 9.55 Å². The van der Waals surface area contributed by atoms with E-state index in [2.05, 4.69) is 11.1 Å². The number of hydrogen-bond donors (Lipinski definition) is 0. The maximum atomic E-state index is 11.1. The molecule has 0 saturated carbocycles. The molecule has 0 aliphatic rings. The zero-order chi connectivity index (χ0) is 8.97. The lowest BCUT2D eigenvalue weighted by Crippen LogP contribution is -2.21. The summed E-state index contributed by atoms with van der Waals surface area (Å²) in [6, 6.07) is 3.43. The highest BCUT2D eigenvalue weighted by molar-refractivity contribution is 4.85. The standard InChI is InChI=1S/C8H9N3O/c1-7(4-9)5-11-6-10-3-2-8(11)12/h2-3,6-7H,5H2,1H3. The molecule has 0 N–H and O–H groups in total. The van der Waals surface area contributed by atoms with Gasteiger partial charge in [-0.25, -0.2) is 4.98 Å². The summed E-state index contributed by atoms with van der Waals surface area (Å²) in [6.45, 7) is 2.17. The van der Waals surface area contributed by atoms with Crippen LogP contribution in [0.15, 0.2) is 23.4 Å². The van der Waals surface area contributed by atoms with Gasteiger partial charge in [0.15, 0.2) is 0 Å². The van der Waals surface area contributed by atoms with E-state index in [1.54, 1.807) is 6.92 Å². The molecule has 0 bridgehead atoms. The molecule has 62 valence electrons. The molecule has 0 aliphatic carbocycles. The van der Waals surface area contributed by atoms with Gasteiger partial charge in [-0.15, -0.1) is 0 Å². The topological polar surface area (TPSA) is 58.7 Å². The quantitative estimate of drug-likeness (QED) is 0.634. The van der Waals surface area contributed by atoms with Crippen molar-refractivity contribution in [3.63, 3.8) is 0 Å². The largest absolute Gasteiger partial charge is 0.298 e. The predicted octanol–water partition coefficient (Wildman–Crippen LogP) is 0.403. The van der Waals surface area contributed by atoms with Gasteiger partial charge in [0.1, 0.15) is 0 Å². The van der Waals surface area contributed by atoms with Crippen LogP contribution in [0.4, 0.5) is 0 Å². The molecule has 4 nitrogen and oxygen atoms in total. The monoisotopic (exact) mass is 163 g/mol. The van der Waals surface area contributed by atoms with E-state index in [-0.39, 0.29) is 11.5 Å². The van der Waals surface area contributed by atoms with Gasteiger partial charge < -0.3 is 0 Å². The smallest absolute Gasteiger partial charge is 0.253 e. The van der Waals surface area contributed by atoms with Crippen LogP contribution in [-0.4, -0.2) is 9.55 Å². The molecule has 0 saturated heterocycles. The molecule has 0 radical (unpaired) electrons. The van der Waals surface area contributed by atoms with E-state index in [1.165, 1.54) is 23.2 Å². The highest BCUT2D eigenvalue weighted by atomic mass is 16.1. The van der Waals surface area contributed by atoms with Crippen LogP contribution in [0.1, 0.15) is 6.92 Å². The van der Waals surface area contributed by atoms with E-state index in [1.807, 2.05) is 0 Å². The minimum absolute atomic E-state index is 0.118. The number of aromatic nitrogens is 2. The van der Waals surface area contributed by atoms with E-state index < -0.39 is 0 Å². The van der Waals surface area contributed by atoms with Crippen molar-refractivity contribution >= 4 is 0 Å². The summed E-state index contributed by atoms with van der Waals surface area (Å²) in [5, 5.41) is 8.50. The fourth-order valence-electron chi connectivity index (χ4n) is 0.851. The van der Waals surface area contributed by atoms with Crippen LogP contribution in [0.25, 0.3) is 0 Å². The van der Waals surface area contributed by atoms with Crippen LogP contribution in [-0.2, 0) is 6.54 Å². The minimum Gasteiger partial charge on any atom is -0.298 e. The van der Waals surface area contributed by atoms with Crippen LogP contribution in [0.2, 0.25) is 0 Å². The van der Waals surface area contributed by atoms with Gasteiger partial charge in [0, 0.05) is 18.8 Å². The fraction of sp³-hybridized carbons (Fsp3) is 0.375. The second-order valence-electron chi connectivity index (χ2n) is 2.60. The molecule has 1 unspecified atom stereocenters. The Labute approximate surface area is 70.1 Å². The van der Waals surface area contributed by atoms with Crippen molar-refractivity contribution in [2.75, 3.05) is 0 Å². The zero-order valence-electron chi connectivity index (χ0n) is 6.77. The SMILES string of the molecule is CC(C#N)Cn1cnccc1=O. The van der Waals surface area contributed by atoms with E-state index in [0.717, 1.165) is 0 Å². The molecule has 1 rings (SSSR count). The Morgan fingerprint density at radius 2 is 2.58 bits per heavy atom. The van der Waals surface area contributed by atoms with Gasteiger partial charge >= 0.3 is 0 Å². The summed E-state index contributed by atoms with van der Waals surface area (Å²) < 4.78 is 1.42. The van der Waals surface area contributed by atoms with Crippen molar-refractivity contribution in [2.45, 2.75) is 13.5 Å². The maximum absolute atomic E-state index is 11.1. The Morgan fingerprint density at radius 1 is 1.83 bits per heavy atom. The zero-order valence-corrected chi connectivity index (χ0v) is 6.77. The Hall–Kier alpha value is -1.63. The third kappa shape index (κ3) is 1.92. The Morgan fingerprint density at radius 3 is 3.17 bits per heavy atom. The van der Waals surface area contributed by atoms with Gasteiger partial charge in [-0.1, -0.05) is 0 Å². The fourth-order valence-corrected chi connectivity index (χ4v) is 0.851. The van der Waals surface area contributed by atoms with E-state index >= 15 is 0 Å². The lowest BCUT2D eigenvalue weighted by Gasteiger charge is -2.03. The molecule has 0 amide bonds. The van der Waals surface area contributed by atoms with Gasteiger partial charge in [0.05, 0.1) is 18.3 Å². The maximum Gasteiger partial charge on any atom is 0.253 e. The molecule has 0 spiro atoms. The van der Waals surface area contributed by atoms with Gasteiger partial charge in [-0.05, 0) is 6.92 Å². The molecule has 1 atom stereocenters.